The number of Topliss-reactive ketones (excluding diaryl/α,β-unsaturated/α-hetero) is 2. The minimum absolute atomic E-state index is 0.0750. The van der Waals surface area contributed by atoms with E-state index in [9.17, 15) is 13.8 Å². The molecule has 1 aromatic heterocycles. The van der Waals surface area contributed by atoms with E-state index in [1.807, 2.05) is 44.2 Å². The van der Waals surface area contributed by atoms with Gasteiger partial charge in [0, 0.05) is 71.1 Å². The van der Waals surface area contributed by atoms with Crippen molar-refractivity contribution < 1.29 is 23.0 Å². The molecule has 6 nitrogen and oxygen atoms in total. The number of ketones is 2. The van der Waals surface area contributed by atoms with E-state index < -0.39 is 10.8 Å². The van der Waals surface area contributed by atoms with Gasteiger partial charge >= 0.3 is 0 Å². The van der Waals surface area contributed by atoms with Crippen molar-refractivity contribution in [2.75, 3.05) is 37.7 Å². The highest BCUT2D eigenvalue weighted by Crippen LogP contribution is 2.38. The van der Waals surface area contributed by atoms with E-state index in [1.165, 1.54) is 0 Å². The molecule has 4 rings (SSSR count). The van der Waals surface area contributed by atoms with Gasteiger partial charge in [-0.3, -0.25) is 9.00 Å². The Morgan fingerprint density at radius 1 is 1.17 bits per heavy atom. The average molecular weight is 512 g/mol. The van der Waals surface area contributed by atoms with Crippen LogP contribution in [-0.2, 0) is 20.4 Å². The number of hydrogen-bond acceptors (Lipinski definition) is 6. The summed E-state index contributed by atoms with van der Waals surface area (Å²) in [5.74, 6) is 2.18. The molecular formula is C29H37NO5S. The predicted octanol–water partition coefficient (Wildman–Crippen LogP) is 5.49. The third kappa shape index (κ3) is 6.24. The van der Waals surface area contributed by atoms with Crippen LogP contribution in [-0.4, -0.2) is 58.4 Å². The summed E-state index contributed by atoms with van der Waals surface area (Å²) in [4.78, 5) is 27.4. The molecule has 0 bridgehead atoms. The third-order valence-corrected chi connectivity index (χ3v) is 8.59. The lowest BCUT2D eigenvalue weighted by Crippen LogP contribution is -2.38. The molecule has 0 spiro atoms. The molecule has 194 valence electrons. The smallest absolute Gasteiger partial charge is 0.143 e. The fraction of sp³-hybridized carbons (Fsp3) is 0.517. The molecule has 0 saturated carbocycles. The van der Waals surface area contributed by atoms with Gasteiger partial charge < -0.3 is 18.8 Å². The number of benzene rings is 2. The highest BCUT2D eigenvalue weighted by Gasteiger charge is 2.28. The first-order chi connectivity index (χ1) is 17.4. The molecule has 1 saturated heterocycles. The molecule has 0 amide bonds. The van der Waals surface area contributed by atoms with Crippen LogP contribution in [0.25, 0.3) is 21.7 Å². The Kier molecular flexibility index (Phi) is 8.96. The lowest BCUT2D eigenvalue weighted by molar-refractivity contribution is -0.124. The predicted molar refractivity (Wildman–Crippen MR) is 145 cm³/mol. The molecule has 1 aliphatic rings. The van der Waals surface area contributed by atoms with E-state index in [0.717, 1.165) is 77.0 Å². The van der Waals surface area contributed by atoms with Crippen LogP contribution in [0.3, 0.4) is 0 Å². The zero-order valence-corrected chi connectivity index (χ0v) is 22.4. The zero-order valence-electron chi connectivity index (χ0n) is 21.6. The topological polar surface area (TPSA) is 76.8 Å². The van der Waals surface area contributed by atoms with Crippen molar-refractivity contribution in [1.29, 1.82) is 0 Å². The van der Waals surface area contributed by atoms with Crippen LogP contribution in [0, 0.1) is 5.92 Å². The van der Waals surface area contributed by atoms with E-state index in [1.54, 1.807) is 13.2 Å². The summed E-state index contributed by atoms with van der Waals surface area (Å²) in [6.45, 7) is 8.93. The first-order valence-electron chi connectivity index (χ1n) is 13.0. The zero-order chi connectivity index (χ0) is 25.7. The fourth-order valence-corrected chi connectivity index (χ4v) is 6.06. The number of carbonyl (C=O) groups excluding carboxylic acids is 2. The van der Waals surface area contributed by atoms with Crippen LogP contribution in [0.2, 0.25) is 0 Å². The molecule has 3 aromatic rings. The molecule has 1 aliphatic heterocycles. The third-order valence-electron chi connectivity index (χ3n) is 7.31. The van der Waals surface area contributed by atoms with Gasteiger partial charge in [-0.15, -0.1) is 0 Å². The van der Waals surface area contributed by atoms with Gasteiger partial charge in [-0.2, -0.15) is 0 Å². The van der Waals surface area contributed by atoms with Gasteiger partial charge in [0.2, 0.25) is 0 Å². The molecule has 1 fully saturated rings. The Bertz CT molecular complexity index is 1240. The molecular weight excluding hydrogens is 474 g/mol. The Balaban J connectivity index is 1.53. The summed E-state index contributed by atoms with van der Waals surface area (Å²) in [5.41, 5.74) is 1.62. The van der Waals surface area contributed by atoms with E-state index in [4.69, 9.17) is 9.15 Å². The highest BCUT2D eigenvalue weighted by atomic mass is 32.2. The monoisotopic (exact) mass is 511 g/mol. The van der Waals surface area contributed by atoms with Crippen molar-refractivity contribution in [1.82, 2.24) is 4.90 Å². The van der Waals surface area contributed by atoms with Gasteiger partial charge in [0.1, 0.15) is 22.9 Å². The van der Waals surface area contributed by atoms with Crippen LogP contribution >= 0.6 is 0 Å². The van der Waals surface area contributed by atoms with Crippen LogP contribution in [0.15, 0.2) is 41.0 Å². The minimum Gasteiger partial charge on any atom is -0.494 e. The lowest BCUT2D eigenvalue weighted by Gasteiger charge is -2.25. The maximum Gasteiger partial charge on any atom is 0.143 e. The summed E-state index contributed by atoms with van der Waals surface area (Å²) >= 11 is 0. The second kappa shape index (κ2) is 12.2. The van der Waals surface area contributed by atoms with Gasteiger partial charge in [0.05, 0.1) is 12.9 Å². The van der Waals surface area contributed by atoms with Gasteiger partial charge in [-0.1, -0.05) is 19.9 Å². The number of nitrogens with zero attached hydrogens (tertiary/aromatic N) is 1. The number of fused-ring (bicyclic) bond motifs is 3. The van der Waals surface area contributed by atoms with Crippen LogP contribution in [0.1, 0.15) is 57.9 Å². The average Bonchev–Trinajstić information content (AvgIpc) is 3.31. The maximum atomic E-state index is 13.3. The van der Waals surface area contributed by atoms with Crippen LogP contribution in [0.5, 0.6) is 5.75 Å². The Morgan fingerprint density at radius 2 is 1.94 bits per heavy atom. The number of furan rings is 1. The number of hydrogen-bond donors (Lipinski definition) is 0. The fourth-order valence-electron chi connectivity index (χ4n) is 4.94. The van der Waals surface area contributed by atoms with Crippen molar-refractivity contribution in [2.45, 2.75) is 52.4 Å². The summed E-state index contributed by atoms with van der Waals surface area (Å²) in [6.07, 6.45) is 4.26. The Hall–Kier alpha value is -2.51. The number of rotatable bonds is 12. The highest BCUT2D eigenvalue weighted by molar-refractivity contribution is 7.85. The first-order valence-corrected chi connectivity index (χ1v) is 14.5. The Labute approximate surface area is 215 Å². The second-order valence-electron chi connectivity index (χ2n) is 9.91. The molecule has 2 heterocycles. The molecule has 0 N–H and O–H groups in total. The van der Waals surface area contributed by atoms with E-state index in [2.05, 4.69) is 4.90 Å². The molecule has 7 heteroatoms. The summed E-state index contributed by atoms with van der Waals surface area (Å²) in [6, 6.07) is 10.0. The van der Waals surface area contributed by atoms with Crippen molar-refractivity contribution >= 4 is 44.1 Å². The molecule has 0 radical (unpaired) electrons. The van der Waals surface area contributed by atoms with Crippen LogP contribution < -0.4 is 4.74 Å². The van der Waals surface area contributed by atoms with Crippen molar-refractivity contribution in [2.24, 2.45) is 5.92 Å². The molecule has 2 unspecified atom stereocenters. The first kappa shape index (κ1) is 26.6. The van der Waals surface area contributed by atoms with Gasteiger partial charge in [-0.25, -0.2) is 0 Å². The van der Waals surface area contributed by atoms with Gasteiger partial charge in [0.25, 0.3) is 0 Å². The van der Waals surface area contributed by atoms with E-state index in [0.29, 0.717) is 19.4 Å². The summed E-state index contributed by atoms with van der Waals surface area (Å²) in [5, 5.41) is 3.00. The minimum atomic E-state index is -0.646. The SMILES string of the molecule is CCC(C)C(=O)C(CCC(C)=O)c1coc2ccc3cc(OCCCN4CCS(=O)CC4)ccc3c12. The Morgan fingerprint density at radius 3 is 2.67 bits per heavy atom. The number of carbonyl (C=O) groups is 2. The van der Waals surface area contributed by atoms with E-state index >= 15 is 0 Å². The van der Waals surface area contributed by atoms with Crippen molar-refractivity contribution in [3.8, 4) is 5.75 Å². The molecule has 0 aliphatic carbocycles. The van der Waals surface area contributed by atoms with Gasteiger partial charge in [-0.05, 0) is 61.2 Å². The van der Waals surface area contributed by atoms with Crippen molar-refractivity contribution in [3.05, 3.63) is 42.2 Å². The van der Waals surface area contributed by atoms with Crippen molar-refractivity contribution in [3.63, 3.8) is 0 Å². The van der Waals surface area contributed by atoms with Crippen LogP contribution in [0.4, 0.5) is 0 Å². The van der Waals surface area contributed by atoms with E-state index in [-0.39, 0.29) is 23.4 Å². The van der Waals surface area contributed by atoms with Gasteiger partial charge in [0.15, 0.2) is 0 Å². The quantitative estimate of drug-likeness (QED) is 0.299. The summed E-state index contributed by atoms with van der Waals surface area (Å²) in [7, 11) is -0.646. The second-order valence-corrected chi connectivity index (χ2v) is 11.6. The molecule has 36 heavy (non-hydrogen) atoms. The molecule has 2 atom stereocenters. The number of ether oxygens (including phenoxy) is 1. The largest absolute Gasteiger partial charge is 0.494 e. The normalized spacial score (nSPS) is 16.9. The lowest BCUT2D eigenvalue weighted by atomic mass is 9.83. The maximum absolute atomic E-state index is 13.3. The summed E-state index contributed by atoms with van der Waals surface area (Å²) < 4.78 is 23.4. The standard InChI is InChI=1S/C29H37NO5S/c1-4-20(2)29(32)25(9-6-21(3)31)26-19-35-27-11-7-22-18-23(8-10-24(22)28(26)27)34-15-5-12-30-13-16-36(33)17-14-30/h7-8,10-11,18-20,25H,4-6,9,12-17H2,1-3H3. The molecule has 2 aromatic carbocycles.